The molecule has 1 aromatic rings. The summed E-state index contributed by atoms with van der Waals surface area (Å²) >= 11 is 5.02. The first-order valence-electron chi connectivity index (χ1n) is 4.41. The van der Waals surface area contributed by atoms with Gasteiger partial charge in [-0.2, -0.15) is 10.2 Å². The van der Waals surface area contributed by atoms with E-state index >= 15 is 0 Å². The molecule has 15 heavy (non-hydrogen) atoms. The van der Waals surface area contributed by atoms with E-state index in [4.69, 9.17) is 12.2 Å². The molecule has 0 bridgehead atoms. The van der Waals surface area contributed by atoms with Gasteiger partial charge in [0.25, 0.3) is 0 Å². The topological polar surface area (TPSA) is 53.4 Å². The summed E-state index contributed by atoms with van der Waals surface area (Å²) in [5.41, 5.74) is 4.23. The number of hydrazone groups is 1. The maximum absolute atomic E-state index is 5.02. The molecule has 0 aliphatic carbocycles. The number of hydrogen-bond donors (Lipinski definition) is 1. The van der Waals surface area contributed by atoms with E-state index in [9.17, 15) is 0 Å². The number of nitrogens with zero attached hydrogens (tertiary/aromatic N) is 4. The lowest BCUT2D eigenvalue weighted by Gasteiger charge is -2.12. The second kappa shape index (κ2) is 5.35. The standard InChI is InChI=1S/C9H13N5S/c1-7(8-5-4-6-10-12-8)11-13-9(15)14(2)3/h4-6H,1-3H3,(H,13,15)/b11-7-. The second-order valence-electron chi connectivity index (χ2n) is 3.12. The minimum absolute atomic E-state index is 0.554. The van der Waals surface area contributed by atoms with E-state index in [1.165, 1.54) is 0 Å². The Morgan fingerprint density at radius 3 is 2.80 bits per heavy atom. The number of rotatable bonds is 2. The van der Waals surface area contributed by atoms with Crippen molar-refractivity contribution in [2.45, 2.75) is 6.92 Å². The zero-order valence-corrected chi connectivity index (χ0v) is 9.75. The van der Waals surface area contributed by atoms with Crippen LogP contribution in [-0.2, 0) is 0 Å². The van der Waals surface area contributed by atoms with E-state index in [0.717, 1.165) is 11.4 Å². The SMILES string of the molecule is C/C(=N/NC(=S)N(C)C)c1cccnn1. The summed E-state index contributed by atoms with van der Waals surface area (Å²) in [7, 11) is 3.70. The van der Waals surface area contributed by atoms with Gasteiger partial charge in [-0.3, -0.25) is 5.43 Å². The van der Waals surface area contributed by atoms with Gasteiger partial charge in [0, 0.05) is 20.3 Å². The van der Waals surface area contributed by atoms with Crippen molar-refractivity contribution in [1.82, 2.24) is 20.5 Å². The first-order chi connectivity index (χ1) is 7.11. The minimum atomic E-state index is 0.554. The minimum Gasteiger partial charge on any atom is -0.354 e. The maximum Gasteiger partial charge on any atom is 0.189 e. The predicted octanol–water partition coefficient (Wildman–Crippen LogP) is 0.637. The van der Waals surface area contributed by atoms with Crippen LogP contribution in [0.15, 0.2) is 23.4 Å². The molecule has 0 spiro atoms. The van der Waals surface area contributed by atoms with Gasteiger partial charge in [0.15, 0.2) is 5.11 Å². The second-order valence-corrected chi connectivity index (χ2v) is 3.50. The monoisotopic (exact) mass is 223 g/mol. The van der Waals surface area contributed by atoms with E-state index in [1.807, 2.05) is 33.2 Å². The Morgan fingerprint density at radius 2 is 2.27 bits per heavy atom. The molecular formula is C9H13N5S. The van der Waals surface area contributed by atoms with Crippen LogP contribution in [0, 0.1) is 0 Å². The predicted molar refractivity (Wildman–Crippen MR) is 63.7 cm³/mol. The van der Waals surface area contributed by atoms with Crippen LogP contribution < -0.4 is 5.43 Å². The molecule has 5 nitrogen and oxygen atoms in total. The smallest absolute Gasteiger partial charge is 0.189 e. The van der Waals surface area contributed by atoms with Crippen LogP contribution in [0.3, 0.4) is 0 Å². The van der Waals surface area contributed by atoms with Crippen LogP contribution in [0.2, 0.25) is 0 Å². The first kappa shape index (κ1) is 11.5. The third kappa shape index (κ3) is 3.59. The highest BCUT2D eigenvalue weighted by atomic mass is 32.1. The lowest BCUT2D eigenvalue weighted by molar-refractivity contribution is 0.606. The number of aromatic nitrogens is 2. The molecule has 6 heteroatoms. The fourth-order valence-electron chi connectivity index (χ4n) is 0.783. The van der Waals surface area contributed by atoms with Gasteiger partial charge in [-0.15, -0.1) is 5.10 Å². The van der Waals surface area contributed by atoms with Gasteiger partial charge in [-0.05, 0) is 31.3 Å². The molecule has 80 valence electrons. The summed E-state index contributed by atoms with van der Waals surface area (Å²) in [6, 6.07) is 3.65. The van der Waals surface area contributed by atoms with Crippen molar-refractivity contribution >= 4 is 23.0 Å². The maximum atomic E-state index is 5.02. The molecule has 0 atom stereocenters. The van der Waals surface area contributed by atoms with Gasteiger partial charge < -0.3 is 4.90 Å². The van der Waals surface area contributed by atoms with Crippen molar-refractivity contribution in [3.8, 4) is 0 Å². The Morgan fingerprint density at radius 1 is 1.53 bits per heavy atom. The third-order valence-electron chi connectivity index (χ3n) is 1.67. The summed E-state index contributed by atoms with van der Waals surface area (Å²) < 4.78 is 0. The van der Waals surface area contributed by atoms with E-state index < -0.39 is 0 Å². The lowest BCUT2D eigenvalue weighted by atomic mass is 10.3. The van der Waals surface area contributed by atoms with Crippen LogP contribution >= 0.6 is 12.2 Å². The van der Waals surface area contributed by atoms with Crippen LogP contribution in [-0.4, -0.2) is 40.0 Å². The highest BCUT2D eigenvalue weighted by Gasteiger charge is 1.99. The Hall–Kier alpha value is -1.56. The lowest BCUT2D eigenvalue weighted by Crippen LogP contribution is -2.31. The molecule has 0 saturated heterocycles. The van der Waals surface area contributed by atoms with Gasteiger partial charge in [-0.1, -0.05) is 0 Å². The molecule has 1 N–H and O–H groups in total. The van der Waals surface area contributed by atoms with Crippen molar-refractivity contribution in [3.05, 3.63) is 24.0 Å². The molecule has 0 unspecified atom stereocenters. The largest absolute Gasteiger partial charge is 0.354 e. The molecule has 0 amide bonds. The summed E-state index contributed by atoms with van der Waals surface area (Å²) in [5.74, 6) is 0. The normalized spacial score (nSPS) is 11.0. The molecule has 1 rings (SSSR count). The van der Waals surface area contributed by atoms with Crippen molar-refractivity contribution < 1.29 is 0 Å². The molecule has 0 aliphatic rings. The van der Waals surface area contributed by atoms with Gasteiger partial charge >= 0.3 is 0 Å². The summed E-state index contributed by atoms with van der Waals surface area (Å²) in [4.78, 5) is 1.77. The van der Waals surface area contributed by atoms with Crippen LogP contribution in [0.4, 0.5) is 0 Å². The first-order valence-corrected chi connectivity index (χ1v) is 4.81. The van der Waals surface area contributed by atoms with Crippen LogP contribution in [0.5, 0.6) is 0 Å². The Bertz CT molecular complexity index is 360. The number of nitrogens with one attached hydrogen (secondary N) is 1. The van der Waals surface area contributed by atoms with Crippen molar-refractivity contribution in [1.29, 1.82) is 0 Å². The fourth-order valence-corrected chi connectivity index (χ4v) is 0.829. The van der Waals surface area contributed by atoms with E-state index in [0.29, 0.717) is 5.11 Å². The highest BCUT2D eigenvalue weighted by molar-refractivity contribution is 7.80. The van der Waals surface area contributed by atoms with E-state index in [1.54, 1.807) is 11.1 Å². The molecular weight excluding hydrogens is 210 g/mol. The summed E-state index contributed by atoms with van der Waals surface area (Å²) in [6.07, 6.45) is 1.62. The molecule has 1 aromatic heterocycles. The molecule has 0 fully saturated rings. The molecule has 1 heterocycles. The van der Waals surface area contributed by atoms with Crippen molar-refractivity contribution in [2.24, 2.45) is 5.10 Å². The summed E-state index contributed by atoms with van der Waals surface area (Å²) in [5, 5.41) is 12.3. The quantitative estimate of drug-likeness (QED) is 0.453. The van der Waals surface area contributed by atoms with E-state index in [-0.39, 0.29) is 0 Å². The summed E-state index contributed by atoms with van der Waals surface area (Å²) in [6.45, 7) is 1.84. The molecule has 0 aliphatic heterocycles. The van der Waals surface area contributed by atoms with Gasteiger partial charge in [0.1, 0.15) is 5.69 Å². The van der Waals surface area contributed by atoms with Gasteiger partial charge in [0.2, 0.25) is 0 Å². The zero-order valence-electron chi connectivity index (χ0n) is 8.93. The number of hydrogen-bond acceptors (Lipinski definition) is 4. The van der Waals surface area contributed by atoms with Crippen LogP contribution in [0.1, 0.15) is 12.6 Å². The van der Waals surface area contributed by atoms with Gasteiger partial charge in [0.05, 0.1) is 5.71 Å². The average molecular weight is 223 g/mol. The van der Waals surface area contributed by atoms with Crippen molar-refractivity contribution in [2.75, 3.05) is 14.1 Å². The third-order valence-corrected chi connectivity index (χ3v) is 2.12. The average Bonchev–Trinajstić information content (AvgIpc) is 2.26. The molecule has 0 saturated carbocycles. The van der Waals surface area contributed by atoms with Gasteiger partial charge in [-0.25, -0.2) is 0 Å². The van der Waals surface area contributed by atoms with Crippen LogP contribution in [0.25, 0.3) is 0 Å². The fraction of sp³-hybridized carbons (Fsp3) is 0.333. The molecule has 0 radical (unpaired) electrons. The Kier molecular flexibility index (Phi) is 4.11. The zero-order chi connectivity index (χ0) is 11.3. The molecule has 0 aromatic carbocycles. The Labute approximate surface area is 94.2 Å². The number of thiocarbonyl (C=S) groups is 1. The highest BCUT2D eigenvalue weighted by Crippen LogP contribution is 1.93. The Balaban J connectivity index is 2.65. The van der Waals surface area contributed by atoms with Crippen molar-refractivity contribution in [3.63, 3.8) is 0 Å². The van der Waals surface area contributed by atoms with E-state index in [2.05, 4.69) is 20.7 Å².